The van der Waals surface area contributed by atoms with Crippen LogP contribution in [0.4, 0.5) is 8.78 Å². The first-order valence-electron chi connectivity index (χ1n) is 5.31. The van der Waals surface area contributed by atoms with E-state index in [-0.39, 0.29) is 5.92 Å². The first-order valence-corrected chi connectivity index (χ1v) is 5.31. The molecule has 1 aliphatic carbocycles. The van der Waals surface area contributed by atoms with Gasteiger partial charge < -0.3 is 5.11 Å². The molecule has 1 fully saturated rings. The molecule has 2 rings (SSSR count). The Morgan fingerprint density at radius 2 is 1.80 bits per heavy atom. The molecule has 82 valence electrons. The predicted octanol–water partition coefficient (Wildman–Crippen LogP) is 2.98. The van der Waals surface area contributed by atoms with E-state index in [0.717, 1.165) is 31.7 Å². The van der Waals surface area contributed by atoms with Crippen molar-refractivity contribution < 1.29 is 13.9 Å². The second-order valence-corrected chi connectivity index (χ2v) is 4.13. The average Bonchev–Trinajstić information content (AvgIpc) is 2.23. The second kappa shape index (κ2) is 4.27. The van der Waals surface area contributed by atoms with Gasteiger partial charge in [0, 0.05) is 5.92 Å². The molecule has 1 nitrogen and oxygen atoms in total. The molecule has 15 heavy (non-hydrogen) atoms. The van der Waals surface area contributed by atoms with Gasteiger partial charge in [-0.3, -0.25) is 0 Å². The van der Waals surface area contributed by atoms with Crippen molar-refractivity contribution in [3.63, 3.8) is 0 Å². The van der Waals surface area contributed by atoms with Crippen LogP contribution in [-0.2, 0) is 0 Å². The second-order valence-electron chi connectivity index (χ2n) is 4.13. The molecule has 0 bridgehead atoms. The van der Waals surface area contributed by atoms with Gasteiger partial charge in [0.15, 0.2) is 11.6 Å². The molecule has 0 spiro atoms. The minimum absolute atomic E-state index is 0.0335. The number of aliphatic hydroxyl groups excluding tert-OH is 1. The van der Waals surface area contributed by atoms with Gasteiger partial charge in [0.25, 0.3) is 0 Å². The topological polar surface area (TPSA) is 20.2 Å². The van der Waals surface area contributed by atoms with Crippen LogP contribution in [0, 0.1) is 11.6 Å². The molecule has 0 radical (unpaired) electrons. The van der Waals surface area contributed by atoms with E-state index in [4.69, 9.17) is 0 Å². The highest BCUT2D eigenvalue weighted by Crippen LogP contribution is 2.33. The quantitative estimate of drug-likeness (QED) is 0.758. The van der Waals surface area contributed by atoms with Crippen LogP contribution in [0.15, 0.2) is 18.2 Å². The summed E-state index contributed by atoms with van der Waals surface area (Å²) in [5, 5.41) is 9.77. The van der Waals surface area contributed by atoms with Gasteiger partial charge in [-0.1, -0.05) is 18.9 Å². The lowest BCUT2D eigenvalue weighted by atomic mass is 9.82. The number of hydrogen-bond donors (Lipinski definition) is 1. The van der Waals surface area contributed by atoms with Crippen molar-refractivity contribution in [2.45, 2.75) is 37.7 Å². The Kier molecular flexibility index (Phi) is 3.00. The number of aliphatic hydroxyl groups is 1. The van der Waals surface area contributed by atoms with Gasteiger partial charge in [-0.05, 0) is 30.5 Å². The first kappa shape index (κ1) is 10.6. The highest BCUT2D eigenvalue weighted by Gasteiger charge is 2.25. The van der Waals surface area contributed by atoms with Gasteiger partial charge in [-0.15, -0.1) is 0 Å². The zero-order chi connectivity index (χ0) is 10.8. The Morgan fingerprint density at radius 3 is 2.47 bits per heavy atom. The number of benzene rings is 1. The number of rotatable bonds is 1. The minimum Gasteiger partial charge on any atom is -0.392 e. The smallest absolute Gasteiger partial charge is 0.159 e. The molecule has 0 aromatic heterocycles. The van der Waals surface area contributed by atoms with Crippen LogP contribution in [0.5, 0.6) is 0 Å². The van der Waals surface area contributed by atoms with Gasteiger partial charge in [-0.2, -0.15) is 0 Å². The monoisotopic (exact) mass is 212 g/mol. The molecule has 1 saturated carbocycles. The Bertz CT molecular complexity index is 351. The van der Waals surface area contributed by atoms with E-state index >= 15 is 0 Å². The Balaban J connectivity index is 2.24. The van der Waals surface area contributed by atoms with Crippen LogP contribution >= 0.6 is 0 Å². The molecule has 0 saturated heterocycles. The highest BCUT2D eigenvalue weighted by molar-refractivity contribution is 5.23. The normalized spacial score (nSPS) is 26.6. The minimum atomic E-state index is -0.830. The maximum absolute atomic E-state index is 13.0. The lowest BCUT2D eigenvalue weighted by Gasteiger charge is -2.27. The lowest BCUT2D eigenvalue weighted by molar-refractivity contribution is 0.106. The van der Waals surface area contributed by atoms with E-state index in [1.54, 1.807) is 6.07 Å². The molecule has 1 aromatic rings. The summed E-state index contributed by atoms with van der Waals surface area (Å²) >= 11 is 0. The zero-order valence-electron chi connectivity index (χ0n) is 8.42. The third kappa shape index (κ3) is 2.17. The Morgan fingerprint density at radius 1 is 1.07 bits per heavy atom. The molecule has 1 N–H and O–H groups in total. The summed E-state index contributed by atoms with van der Waals surface area (Å²) < 4.78 is 25.7. The summed E-state index contributed by atoms with van der Waals surface area (Å²) in [6.45, 7) is 0. The van der Waals surface area contributed by atoms with E-state index in [2.05, 4.69) is 0 Å². The summed E-state index contributed by atoms with van der Waals surface area (Å²) in [6.07, 6.45) is 3.25. The van der Waals surface area contributed by atoms with Crippen molar-refractivity contribution in [3.05, 3.63) is 35.4 Å². The molecular weight excluding hydrogens is 198 g/mol. The fourth-order valence-corrected chi connectivity index (χ4v) is 2.24. The maximum Gasteiger partial charge on any atom is 0.159 e. The molecule has 0 amide bonds. The lowest BCUT2D eigenvalue weighted by Crippen LogP contribution is -2.22. The van der Waals surface area contributed by atoms with E-state index < -0.39 is 17.7 Å². The summed E-state index contributed by atoms with van der Waals surface area (Å²) in [5.41, 5.74) is 0.709. The number of halogens is 2. The van der Waals surface area contributed by atoms with Crippen molar-refractivity contribution in [2.24, 2.45) is 0 Å². The van der Waals surface area contributed by atoms with Gasteiger partial charge in [0.2, 0.25) is 0 Å². The Labute approximate surface area is 87.7 Å². The standard InChI is InChI=1S/C12H14F2O/c13-10-6-5-8(7-11(10)14)9-3-1-2-4-12(9)15/h5-7,9,12,15H,1-4H2/t9-,12-/m0/s1. The van der Waals surface area contributed by atoms with Crippen molar-refractivity contribution in [2.75, 3.05) is 0 Å². The molecule has 2 atom stereocenters. The molecule has 1 aliphatic rings. The summed E-state index contributed by atoms with van der Waals surface area (Å²) in [5.74, 6) is -1.69. The van der Waals surface area contributed by atoms with Crippen LogP contribution in [-0.4, -0.2) is 11.2 Å². The summed E-state index contributed by atoms with van der Waals surface area (Å²) in [4.78, 5) is 0. The largest absolute Gasteiger partial charge is 0.392 e. The van der Waals surface area contributed by atoms with Crippen LogP contribution in [0.3, 0.4) is 0 Å². The van der Waals surface area contributed by atoms with Crippen molar-refractivity contribution in [1.82, 2.24) is 0 Å². The zero-order valence-corrected chi connectivity index (χ0v) is 8.42. The molecule has 0 unspecified atom stereocenters. The molecule has 0 aliphatic heterocycles. The fourth-order valence-electron chi connectivity index (χ4n) is 2.24. The van der Waals surface area contributed by atoms with Crippen LogP contribution in [0.25, 0.3) is 0 Å². The number of hydrogen-bond acceptors (Lipinski definition) is 1. The first-order chi connectivity index (χ1) is 7.18. The van der Waals surface area contributed by atoms with Gasteiger partial charge in [0.05, 0.1) is 6.10 Å². The third-order valence-electron chi connectivity index (χ3n) is 3.10. The van der Waals surface area contributed by atoms with E-state index in [1.165, 1.54) is 6.07 Å². The predicted molar refractivity (Wildman–Crippen MR) is 53.6 cm³/mol. The fraction of sp³-hybridized carbons (Fsp3) is 0.500. The molecular formula is C12H14F2O. The third-order valence-corrected chi connectivity index (χ3v) is 3.10. The van der Waals surface area contributed by atoms with E-state index in [0.29, 0.717) is 5.56 Å². The summed E-state index contributed by atoms with van der Waals surface area (Å²) in [7, 11) is 0. The van der Waals surface area contributed by atoms with Crippen molar-refractivity contribution in [1.29, 1.82) is 0 Å². The molecule has 0 heterocycles. The van der Waals surface area contributed by atoms with E-state index in [9.17, 15) is 13.9 Å². The molecule has 1 aromatic carbocycles. The maximum atomic E-state index is 13.0. The van der Waals surface area contributed by atoms with Crippen molar-refractivity contribution in [3.8, 4) is 0 Å². The average molecular weight is 212 g/mol. The van der Waals surface area contributed by atoms with Gasteiger partial charge >= 0.3 is 0 Å². The molecule has 3 heteroatoms. The SMILES string of the molecule is O[C@H]1CCCC[C@H]1c1ccc(F)c(F)c1. The summed E-state index contributed by atoms with van der Waals surface area (Å²) in [6, 6.07) is 3.90. The van der Waals surface area contributed by atoms with Crippen LogP contribution in [0.1, 0.15) is 37.2 Å². The van der Waals surface area contributed by atoms with Gasteiger partial charge in [0.1, 0.15) is 0 Å². The Hall–Kier alpha value is -0.960. The van der Waals surface area contributed by atoms with Crippen LogP contribution < -0.4 is 0 Å². The van der Waals surface area contributed by atoms with Crippen molar-refractivity contribution >= 4 is 0 Å². The van der Waals surface area contributed by atoms with Crippen LogP contribution in [0.2, 0.25) is 0 Å². The van der Waals surface area contributed by atoms with E-state index in [1.807, 2.05) is 0 Å². The highest BCUT2D eigenvalue weighted by atomic mass is 19.2. The van der Waals surface area contributed by atoms with Gasteiger partial charge in [-0.25, -0.2) is 8.78 Å².